The zero-order valence-corrected chi connectivity index (χ0v) is 12.3. The van der Waals surface area contributed by atoms with Crippen LogP contribution in [0.4, 0.5) is 0 Å². The summed E-state index contributed by atoms with van der Waals surface area (Å²) >= 11 is 0. The molecule has 1 heterocycles. The number of rotatable bonds is 4. The van der Waals surface area contributed by atoms with Crippen molar-refractivity contribution in [1.82, 2.24) is 5.32 Å². The van der Waals surface area contributed by atoms with Crippen LogP contribution in [0.1, 0.15) is 39.2 Å². The van der Waals surface area contributed by atoms with E-state index in [0.717, 1.165) is 44.2 Å². The molecule has 2 rings (SSSR count). The highest BCUT2D eigenvalue weighted by atomic mass is 16.5. The van der Waals surface area contributed by atoms with E-state index in [1.165, 1.54) is 12.0 Å². The van der Waals surface area contributed by atoms with Gasteiger partial charge >= 0.3 is 0 Å². The van der Waals surface area contributed by atoms with Crippen molar-refractivity contribution in [3.63, 3.8) is 0 Å². The standard InChI is InChI=1S/C16H25NO2/c1-16(2,3)7-8-17-12-13-5-6-14-15(11-13)19-10-4-9-18-14/h5-6,11,17H,4,7-10,12H2,1-3H3. The van der Waals surface area contributed by atoms with E-state index >= 15 is 0 Å². The predicted molar refractivity (Wildman–Crippen MR) is 77.8 cm³/mol. The van der Waals surface area contributed by atoms with Crippen molar-refractivity contribution in [2.75, 3.05) is 19.8 Å². The minimum atomic E-state index is 0.387. The highest BCUT2D eigenvalue weighted by Crippen LogP contribution is 2.30. The molecule has 3 heteroatoms. The molecule has 0 spiro atoms. The van der Waals surface area contributed by atoms with Crippen LogP contribution in [0, 0.1) is 5.41 Å². The van der Waals surface area contributed by atoms with E-state index in [2.05, 4.69) is 38.2 Å². The minimum absolute atomic E-state index is 0.387. The van der Waals surface area contributed by atoms with Gasteiger partial charge in [0.15, 0.2) is 11.5 Å². The van der Waals surface area contributed by atoms with Crippen LogP contribution in [0.3, 0.4) is 0 Å². The molecule has 1 aromatic rings. The lowest BCUT2D eigenvalue weighted by atomic mass is 9.92. The lowest BCUT2D eigenvalue weighted by molar-refractivity contribution is 0.297. The second kappa shape index (κ2) is 6.29. The van der Waals surface area contributed by atoms with Crippen molar-refractivity contribution < 1.29 is 9.47 Å². The summed E-state index contributed by atoms with van der Waals surface area (Å²) < 4.78 is 11.3. The van der Waals surface area contributed by atoms with Crippen molar-refractivity contribution in [2.45, 2.75) is 40.2 Å². The monoisotopic (exact) mass is 263 g/mol. The maximum absolute atomic E-state index is 5.70. The molecule has 1 N–H and O–H groups in total. The van der Waals surface area contributed by atoms with Crippen molar-refractivity contribution in [3.05, 3.63) is 23.8 Å². The third-order valence-electron chi connectivity index (χ3n) is 3.19. The quantitative estimate of drug-likeness (QED) is 0.845. The second-order valence-electron chi connectivity index (χ2n) is 6.32. The first-order valence-electron chi connectivity index (χ1n) is 7.14. The first-order chi connectivity index (χ1) is 9.04. The Morgan fingerprint density at radius 3 is 2.58 bits per heavy atom. The molecule has 0 radical (unpaired) electrons. The maximum atomic E-state index is 5.70. The lowest BCUT2D eigenvalue weighted by Crippen LogP contribution is -2.20. The lowest BCUT2D eigenvalue weighted by Gasteiger charge is -2.18. The number of ether oxygens (including phenoxy) is 2. The molecule has 1 aliphatic heterocycles. The number of hydrogen-bond donors (Lipinski definition) is 1. The number of benzene rings is 1. The second-order valence-corrected chi connectivity index (χ2v) is 6.32. The van der Waals surface area contributed by atoms with Crippen LogP contribution in [0.25, 0.3) is 0 Å². The van der Waals surface area contributed by atoms with Gasteiger partial charge in [0, 0.05) is 13.0 Å². The molecule has 0 amide bonds. The number of nitrogens with one attached hydrogen (secondary N) is 1. The first kappa shape index (κ1) is 14.2. The first-order valence-corrected chi connectivity index (χ1v) is 7.14. The Bertz CT molecular complexity index is 410. The summed E-state index contributed by atoms with van der Waals surface area (Å²) in [6, 6.07) is 6.21. The molecule has 19 heavy (non-hydrogen) atoms. The minimum Gasteiger partial charge on any atom is -0.490 e. The highest BCUT2D eigenvalue weighted by Gasteiger charge is 2.11. The fourth-order valence-corrected chi connectivity index (χ4v) is 2.01. The molecule has 1 aliphatic rings. The van der Waals surface area contributed by atoms with Crippen LogP contribution >= 0.6 is 0 Å². The Hall–Kier alpha value is -1.22. The third kappa shape index (κ3) is 4.75. The number of hydrogen-bond acceptors (Lipinski definition) is 3. The number of fused-ring (bicyclic) bond motifs is 1. The topological polar surface area (TPSA) is 30.5 Å². The van der Waals surface area contributed by atoms with Gasteiger partial charge in [0.1, 0.15) is 0 Å². The van der Waals surface area contributed by atoms with E-state index in [9.17, 15) is 0 Å². The average molecular weight is 263 g/mol. The van der Waals surface area contributed by atoms with Gasteiger partial charge in [-0.25, -0.2) is 0 Å². The van der Waals surface area contributed by atoms with Gasteiger partial charge in [0.2, 0.25) is 0 Å². The van der Waals surface area contributed by atoms with Crippen molar-refractivity contribution >= 4 is 0 Å². The summed E-state index contributed by atoms with van der Waals surface area (Å²) in [4.78, 5) is 0. The zero-order valence-electron chi connectivity index (χ0n) is 12.3. The predicted octanol–water partition coefficient (Wildman–Crippen LogP) is 3.37. The molecule has 1 aromatic carbocycles. The average Bonchev–Trinajstić information content (AvgIpc) is 2.58. The van der Waals surface area contributed by atoms with Gasteiger partial charge in [-0.15, -0.1) is 0 Å². The largest absolute Gasteiger partial charge is 0.490 e. The van der Waals surface area contributed by atoms with E-state index in [1.54, 1.807) is 0 Å². The molecular formula is C16H25NO2. The van der Waals surface area contributed by atoms with Crippen LogP contribution in [0.5, 0.6) is 11.5 Å². The molecule has 0 saturated heterocycles. The van der Waals surface area contributed by atoms with Gasteiger partial charge in [-0.1, -0.05) is 26.8 Å². The smallest absolute Gasteiger partial charge is 0.161 e. The summed E-state index contributed by atoms with van der Waals surface area (Å²) in [7, 11) is 0. The van der Waals surface area contributed by atoms with Gasteiger partial charge in [-0.05, 0) is 36.1 Å². The van der Waals surface area contributed by atoms with Crippen LogP contribution < -0.4 is 14.8 Å². The van der Waals surface area contributed by atoms with E-state index in [1.807, 2.05) is 6.07 Å². The Balaban J connectivity index is 1.86. The molecule has 0 atom stereocenters. The zero-order chi connectivity index (χ0) is 13.7. The fourth-order valence-electron chi connectivity index (χ4n) is 2.01. The summed E-state index contributed by atoms with van der Waals surface area (Å²) in [5, 5.41) is 3.48. The van der Waals surface area contributed by atoms with E-state index in [0.29, 0.717) is 5.41 Å². The van der Waals surface area contributed by atoms with Gasteiger partial charge in [0.05, 0.1) is 13.2 Å². The molecule has 0 unspecified atom stereocenters. The molecular weight excluding hydrogens is 238 g/mol. The van der Waals surface area contributed by atoms with Gasteiger partial charge in [0.25, 0.3) is 0 Å². The Labute approximate surface area is 116 Å². The summed E-state index contributed by atoms with van der Waals surface area (Å²) in [6.07, 6.45) is 2.13. The van der Waals surface area contributed by atoms with E-state index in [4.69, 9.17) is 9.47 Å². The van der Waals surface area contributed by atoms with Gasteiger partial charge in [-0.2, -0.15) is 0 Å². The molecule has 0 fully saturated rings. The SMILES string of the molecule is CC(C)(C)CCNCc1ccc2c(c1)OCCCO2. The fraction of sp³-hybridized carbons (Fsp3) is 0.625. The molecule has 0 aromatic heterocycles. The summed E-state index contributed by atoms with van der Waals surface area (Å²) in [5.74, 6) is 1.75. The third-order valence-corrected chi connectivity index (χ3v) is 3.19. The maximum Gasteiger partial charge on any atom is 0.161 e. The molecule has 0 aliphatic carbocycles. The highest BCUT2D eigenvalue weighted by molar-refractivity contribution is 5.43. The Morgan fingerprint density at radius 1 is 1.11 bits per heavy atom. The van der Waals surface area contributed by atoms with Gasteiger partial charge < -0.3 is 14.8 Å². The van der Waals surface area contributed by atoms with E-state index < -0.39 is 0 Å². The molecule has 106 valence electrons. The van der Waals surface area contributed by atoms with Crippen LogP contribution in [0.15, 0.2) is 18.2 Å². The van der Waals surface area contributed by atoms with Crippen LogP contribution in [-0.2, 0) is 6.54 Å². The molecule has 0 saturated carbocycles. The summed E-state index contributed by atoms with van der Waals surface area (Å²) in [6.45, 7) is 10.2. The summed E-state index contributed by atoms with van der Waals surface area (Å²) in [5.41, 5.74) is 1.63. The van der Waals surface area contributed by atoms with Crippen molar-refractivity contribution in [2.24, 2.45) is 5.41 Å². The normalized spacial score (nSPS) is 15.1. The molecule has 3 nitrogen and oxygen atoms in total. The van der Waals surface area contributed by atoms with Gasteiger partial charge in [-0.3, -0.25) is 0 Å². The van der Waals surface area contributed by atoms with E-state index in [-0.39, 0.29) is 0 Å². The van der Waals surface area contributed by atoms with Crippen molar-refractivity contribution in [3.8, 4) is 11.5 Å². The Morgan fingerprint density at radius 2 is 1.84 bits per heavy atom. The Kier molecular flexibility index (Phi) is 4.70. The molecule has 0 bridgehead atoms. The van der Waals surface area contributed by atoms with Crippen molar-refractivity contribution in [1.29, 1.82) is 0 Å². The van der Waals surface area contributed by atoms with Crippen LogP contribution in [0.2, 0.25) is 0 Å². The van der Waals surface area contributed by atoms with Crippen LogP contribution in [-0.4, -0.2) is 19.8 Å².